The van der Waals surface area contributed by atoms with Gasteiger partial charge in [0.15, 0.2) is 6.10 Å². The fourth-order valence-corrected chi connectivity index (χ4v) is 10.6. The van der Waals surface area contributed by atoms with Gasteiger partial charge in [-0.2, -0.15) is 0 Å². The van der Waals surface area contributed by atoms with E-state index >= 15 is 0 Å². The van der Waals surface area contributed by atoms with E-state index in [1.165, 1.54) is 257 Å². The molecule has 0 aliphatic carbocycles. The lowest BCUT2D eigenvalue weighted by Crippen LogP contribution is -2.30. The van der Waals surface area contributed by atoms with Gasteiger partial charge in [0.1, 0.15) is 13.2 Å². The maximum Gasteiger partial charge on any atom is 0.306 e. The summed E-state index contributed by atoms with van der Waals surface area (Å²) in [6, 6.07) is 0. The molecular weight excluding hydrogens is 973 g/mol. The molecule has 0 saturated heterocycles. The van der Waals surface area contributed by atoms with E-state index in [0.717, 1.165) is 83.5 Å². The summed E-state index contributed by atoms with van der Waals surface area (Å²) in [4.78, 5) is 38.4. The molecule has 0 saturated carbocycles. The zero-order valence-electron chi connectivity index (χ0n) is 53.2. The van der Waals surface area contributed by atoms with Crippen molar-refractivity contribution in [3.05, 3.63) is 48.6 Å². The molecule has 6 nitrogen and oxygen atoms in total. The molecule has 79 heavy (non-hydrogen) atoms. The Labute approximate surface area is 492 Å². The van der Waals surface area contributed by atoms with Crippen molar-refractivity contribution in [2.24, 2.45) is 0 Å². The van der Waals surface area contributed by atoms with Crippen LogP contribution in [0.2, 0.25) is 0 Å². The molecule has 0 spiro atoms. The van der Waals surface area contributed by atoms with Crippen LogP contribution in [0.15, 0.2) is 48.6 Å². The Morgan fingerprint density at radius 1 is 0.266 bits per heavy atom. The first-order valence-corrected chi connectivity index (χ1v) is 35.1. The van der Waals surface area contributed by atoms with Gasteiger partial charge in [0.2, 0.25) is 0 Å². The molecule has 0 aliphatic heterocycles. The molecule has 0 heterocycles. The quantitative estimate of drug-likeness (QED) is 0.0261. The Kier molecular flexibility index (Phi) is 65.6. The second kappa shape index (κ2) is 67.9. The normalized spacial score (nSPS) is 12.3. The van der Waals surface area contributed by atoms with Crippen LogP contribution in [-0.4, -0.2) is 37.2 Å². The molecule has 0 radical (unpaired) electrons. The molecule has 0 aromatic carbocycles. The maximum atomic E-state index is 12.9. The van der Waals surface area contributed by atoms with E-state index in [0.29, 0.717) is 19.3 Å². The first kappa shape index (κ1) is 76.4. The minimum Gasteiger partial charge on any atom is -0.462 e. The number of carbonyl (C=O) groups is 3. The third-order valence-electron chi connectivity index (χ3n) is 15.8. The fraction of sp³-hybridized carbons (Fsp3) is 0.849. The molecule has 0 amide bonds. The Bertz CT molecular complexity index is 1360. The van der Waals surface area contributed by atoms with Crippen molar-refractivity contribution in [3.63, 3.8) is 0 Å². The van der Waals surface area contributed by atoms with Crippen LogP contribution in [0.4, 0.5) is 0 Å². The predicted molar refractivity (Wildman–Crippen MR) is 344 cm³/mol. The average Bonchev–Trinajstić information content (AvgIpc) is 3.45. The van der Waals surface area contributed by atoms with E-state index < -0.39 is 6.10 Å². The second-order valence-corrected chi connectivity index (χ2v) is 23.8. The lowest BCUT2D eigenvalue weighted by molar-refractivity contribution is -0.167. The molecule has 0 aliphatic rings. The highest BCUT2D eigenvalue weighted by Gasteiger charge is 2.19. The van der Waals surface area contributed by atoms with E-state index in [1.807, 2.05) is 0 Å². The largest absolute Gasteiger partial charge is 0.462 e. The van der Waals surface area contributed by atoms with Crippen molar-refractivity contribution in [2.45, 2.75) is 386 Å². The van der Waals surface area contributed by atoms with Crippen molar-refractivity contribution in [2.75, 3.05) is 13.2 Å². The molecule has 462 valence electrons. The van der Waals surface area contributed by atoms with Crippen LogP contribution in [0.1, 0.15) is 380 Å². The molecule has 0 bridgehead atoms. The van der Waals surface area contributed by atoms with E-state index in [2.05, 4.69) is 69.4 Å². The molecule has 0 fully saturated rings. The topological polar surface area (TPSA) is 78.9 Å². The van der Waals surface area contributed by atoms with Crippen LogP contribution in [0.3, 0.4) is 0 Å². The van der Waals surface area contributed by atoms with Crippen LogP contribution >= 0.6 is 0 Å². The monoisotopic (exact) mass is 1110 g/mol. The summed E-state index contributed by atoms with van der Waals surface area (Å²) in [6.45, 7) is 6.57. The summed E-state index contributed by atoms with van der Waals surface area (Å²) < 4.78 is 17.0. The summed E-state index contributed by atoms with van der Waals surface area (Å²) in [7, 11) is 0. The third-order valence-corrected chi connectivity index (χ3v) is 15.8. The molecule has 0 rings (SSSR count). The molecule has 0 aromatic rings. The highest BCUT2D eigenvalue weighted by molar-refractivity contribution is 5.71. The number of carbonyl (C=O) groups excluding carboxylic acids is 3. The molecule has 0 aromatic heterocycles. The van der Waals surface area contributed by atoms with Gasteiger partial charge in [-0.1, -0.05) is 352 Å². The van der Waals surface area contributed by atoms with E-state index in [4.69, 9.17) is 14.2 Å². The molecular formula is C73H134O6. The minimum absolute atomic E-state index is 0.0810. The number of esters is 3. The lowest BCUT2D eigenvalue weighted by atomic mass is 10.0. The minimum atomic E-state index is -0.788. The van der Waals surface area contributed by atoms with Crippen LogP contribution in [0.25, 0.3) is 0 Å². The molecule has 6 heteroatoms. The zero-order chi connectivity index (χ0) is 57.1. The maximum absolute atomic E-state index is 12.9. The number of allylic oxidation sites excluding steroid dienone is 8. The lowest BCUT2D eigenvalue weighted by Gasteiger charge is -2.18. The summed E-state index contributed by atoms with van der Waals surface area (Å²) >= 11 is 0. The van der Waals surface area contributed by atoms with Gasteiger partial charge in [-0.3, -0.25) is 14.4 Å². The molecule has 1 unspecified atom stereocenters. The number of rotatable bonds is 65. The van der Waals surface area contributed by atoms with Crippen molar-refractivity contribution in [3.8, 4) is 0 Å². The summed E-state index contributed by atoms with van der Waals surface area (Å²) in [5.41, 5.74) is 0. The first-order chi connectivity index (χ1) is 39.0. The Balaban J connectivity index is 4.25. The van der Waals surface area contributed by atoms with Crippen molar-refractivity contribution >= 4 is 17.9 Å². The Morgan fingerprint density at radius 3 is 0.772 bits per heavy atom. The third kappa shape index (κ3) is 66.1. The average molecular weight is 1110 g/mol. The second-order valence-electron chi connectivity index (χ2n) is 23.8. The van der Waals surface area contributed by atoms with Gasteiger partial charge >= 0.3 is 17.9 Å². The molecule has 1 atom stereocenters. The zero-order valence-corrected chi connectivity index (χ0v) is 53.2. The van der Waals surface area contributed by atoms with Gasteiger partial charge in [-0.05, 0) is 57.8 Å². The van der Waals surface area contributed by atoms with Gasteiger partial charge in [0.25, 0.3) is 0 Å². The van der Waals surface area contributed by atoms with Crippen molar-refractivity contribution in [1.29, 1.82) is 0 Å². The Morgan fingerprint density at radius 2 is 0.494 bits per heavy atom. The van der Waals surface area contributed by atoms with E-state index in [1.54, 1.807) is 0 Å². The number of unbranched alkanes of at least 4 members (excludes halogenated alkanes) is 46. The van der Waals surface area contributed by atoms with Gasteiger partial charge in [0, 0.05) is 19.3 Å². The van der Waals surface area contributed by atoms with Crippen LogP contribution < -0.4 is 0 Å². The number of ether oxygens (including phenoxy) is 3. The Hall–Kier alpha value is -2.63. The SMILES string of the molecule is CC/C=C\C/C=C\C/C=C\C/C=C\CCCCC(=O)OCC(COC(=O)CCCCCCCCCCCCCCCCCCCCCCCCCCCCC)OC(=O)CCCCCCCCCCCCCCCCCCCCC. The van der Waals surface area contributed by atoms with Crippen LogP contribution in [-0.2, 0) is 28.6 Å². The highest BCUT2D eigenvalue weighted by Crippen LogP contribution is 2.19. The molecule has 0 N–H and O–H groups in total. The number of hydrogen-bond donors (Lipinski definition) is 0. The fourth-order valence-electron chi connectivity index (χ4n) is 10.6. The van der Waals surface area contributed by atoms with Gasteiger partial charge in [-0.15, -0.1) is 0 Å². The van der Waals surface area contributed by atoms with Crippen molar-refractivity contribution < 1.29 is 28.6 Å². The van der Waals surface area contributed by atoms with Crippen molar-refractivity contribution in [1.82, 2.24) is 0 Å². The van der Waals surface area contributed by atoms with Gasteiger partial charge in [-0.25, -0.2) is 0 Å². The summed E-state index contributed by atoms with van der Waals surface area (Å²) in [6.07, 6.45) is 85.8. The summed E-state index contributed by atoms with van der Waals surface area (Å²) in [5, 5.41) is 0. The van der Waals surface area contributed by atoms with Gasteiger partial charge in [0.05, 0.1) is 0 Å². The summed E-state index contributed by atoms with van der Waals surface area (Å²) in [5.74, 6) is -0.897. The van der Waals surface area contributed by atoms with Gasteiger partial charge < -0.3 is 14.2 Å². The first-order valence-electron chi connectivity index (χ1n) is 35.1. The van der Waals surface area contributed by atoms with Crippen LogP contribution in [0.5, 0.6) is 0 Å². The highest BCUT2D eigenvalue weighted by atomic mass is 16.6. The smallest absolute Gasteiger partial charge is 0.306 e. The standard InChI is InChI=1S/C73H134O6/c1-4-7-10-13-16-19-22-25-28-30-32-33-34-35-36-37-38-39-41-42-45-48-51-54-57-60-63-66-72(75)78-69-70(68-77-71(74)65-62-59-56-53-50-47-44-27-24-21-18-15-12-9-6-3)79-73(76)67-64-61-58-55-52-49-46-43-40-31-29-26-23-20-17-14-11-8-5-2/h9,12,18,21,27,44,50,53,70H,4-8,10-11,13-17,19-20,22-26,28-43,45-49,51-52,54-69H2,1-3H3/b12-9-,21-18-,44-27-,53-50-. The number of hydrogen-bond acceptors (Lipinski definition) is 6. The van der Waals surface area contributed by atoms with Crippen LogP contribution in [0, 0.1) is 0 Å². The van der Waals surface area contributed by atoms with E-state index in [9.17, 15) is 14.4 Å². The van der Waals surface area contributed by atoms with E-state index in [-0.39, 0.29) is 31.1 Å². The predicted octanol–water partition coefficient (Wildman–Crippen LogP) is 24.1.